The molecule has 0 atom stereocenters. The number of halogens is 1. The van der Waals surface area contributed by atoms with Crippen molar-refractivity contribution in [2.75, 3.05) is 12.3 Å². The Balaban J connectivity index is 1.88. The Morgan fingerprint density at radius 2 is 2.06 bits per heavy atom. The molecule has 98 valence electrons. The minimum absolute atomic E-state index is 0.317. The summed E-state index contributed by atoms with van der Waals surface area (Å²) < 4.78 is 5.32. The summed E-state index contributed by atoms with van der Waals surface area (Å²) in [4.78, 5) is 11.8. The number of nitrogens with two attached hydrogens (primary N) is 1. The van der Waals surface area contributed by atoms with Crippen LogP contribution in [0.5, 0.6) is 0 Å². The molecule has 1 fully saturated rings. The summed E-state index contributed by atoms with van der Waals surface area (Å²) in [6.45, 7) is 0.515. The third-order valence-electron chi connectivity index (χ3n) is 3.41. The van der Waals surface area contributed by atoms with Crippen LogP contribution in [0, 0.1) is 5.92 Å². The Hall–Kier alpha value is -1.22. The number of carbonyl (C=O) groups excluding carboxylic acids is 1. The van der Waals surface area contributed by atoms with Gasteiger partial charge in [0, 0.05) is 0 Å². The van der Waals surface area contributed by atoms with E-state index < -0.39 is 0 Å². The van der Waals surface area contributed by atoms with Gasteiger partial charge in [-0.1, -0.05) is 30.9 Å². The van der Waals surface area contributed by atoms with Gasteiger partial charge in [0.2, 0.25) is 0 Å². The molecule has 1 aromatic rings. The second-order valence-corrected chi connectivity index (χ2v) is 5.25. The zero-order valence-corrected chi connectivity index (χ0v) is 11.1. The van der Waals surface area contributed by atoms with Gasteiger partial charge in [-0.05, 0) is 37.0 Å². The van der Waals surface area contributed by atoms with Crippen molar-refractivity contribution in [3.8, 4) is 0 Å². The van der Waals surface area contributed by atoms with Crippen molar-refractivity contribution >= 4 is 23.3 Å². The zero-order chi connectivity index (χ0) is 13.0. The molecule has 0 saturated heterocycles. The van der Waals surface area contributed by atoms with E-state index in [1.807, 2.05) is 0 Å². The SMILES string of the molecule is Nc1ccc(C(=O)OCC2CCCCC2)cc1Cl. The van der Waals surface area contributed by atoms with E-state index in [1.165, 1.54) is 19.3 Å². The Bertz CT molecular complexity index is 428. The minimum atomic E-state index is -0.317. The molecule has 2 N–H and O–H groups in total. The summed E-state index contributed by atoms with van der Waals surface area (Å²) in [7, 11) is 0. The summed E-state index contributed by atoms with van der Waals surface area (Å²) in [6, 6.07) is 4.82. The third kappa shape index (κ3) is 3.39. The highest BCUT2D eigenvalue weighted by molar-refractivity contribution is 6.33. The highest BCUT2D eigenvalue weighted by Crippen LogP contribution is 2.24. The number of benzene rings is 1. The molecule has 0 unspecified atom stereocenters. The van der Waals surface area contributed by atoms with E-state index >= 15 is 0 Å². The molecular formula is C14H18ClNO2. The molecule has 1 aromatic carbocycles. The molecule has 0 radical (unpaired) electrons. The first-order valence-corrected chi connectivity index (χ1v) is 6.77. The van der Waals surface area contributed by atoms with Crippen LogP contribution >= 0.6 is 11.6 Å². The summed E-state index contributed by atoms with van der Waals surface area (Å²) in [5.74, 6) is 0.203. The molecule has 0 spiro atoms. The maximum Gasteiger partial charge on any atom is 0.338 e. The van der Waals surface area contributed by atoms with Crippen LogP contribution in [0.2, 0.25) is 5.02 Å². The first-order valence-electron chi connectivity index (χ1n) is 6.39. The second kappa shape index (κ2) is 6.10. The Kier molecular flexibility index (Phi) is 4.48. The van der Waals surface area contributed by atoms with Crippen molar-refractivity contribution in [1.82, 2.24) is 0 Å². The monoisotopic (exact) mass is 267 g/mol. The summed E-state index contributed by atoms with van der Waals surface area (Å²) >= 11 is 5.87. The van der Waals surface area contributed by atoms with Crippen molar-refractivity contribution in [3.05, 3.63) is 28.8 Å². The zero-order valence-electron chi connectivity index (χ0n) is 10.3. The Morgan fingerprint density at radius 1 is 1.33 bits per heavy atom. The third-order valence-corrected chi connectivity index (χ3v) is 3.74. The van der Waals surface area contributed by atoms with E-state index in [9.17, 15) is 4.79 Å². The average Bonchev–Trinajstić information content (AvgIpc) is 2.40. The van der Waals surface area contributed by atoms with E-state index in [0.717, 1.165) is 12.8 Å². The predicted molar refractivity (Wildman–Crippen MR) is 72.7 cm³/mol. The molecule has 0 bridgehead atoms. The van der Waals surface area contributed by atoms with Crippen LogP contribution in [0.1, 0.15) is 42.5 Å². The summed E-state index contributed by atoms with van der Waals surface area (Å²) in [6.07, 6.45) is 6.12. The van der Waals surface area contributed by atoms with E-state index in [1.54, 1.807) is 18.2 Å². The maximum atomic E-state index is 11.8. The molecule has 4 heteroatoms. The normalized spacial score (nSPS) is 16.5. The smallest absolute Gasteiger partial charge is 0.338 e. The predicted octanol–water partition coefficient (Wildman–Crippen LogP) is 3.66. The first-order chi connectivity index (χ1) is 8.66. The second-order valence-electron chi connectivity index (χ2n) is 4.84. The topological polar surface area (TPSA) is 52.3 Å². The van der Waals surface area contributed by atoms with Gasteiger partial charge in [-0.3, -0.25) is 0 Å². The van der Waals surface area contributed by atoms with Gasteiger partial charge >= 0.3 is 5.97 Å². The average molecular weight is 268 g/mol. The lowest BCUT2D eigenvalue weighted by Crippen LogP contribution is -2.16. The van der Waals surface area contributed by atoms with Crippen LogP contribution in [0.15, 0.2) is 18.2 Å². The van der Waals surface area contributed by atoms with Crippen molar-refractivity contribution < 1.29 is 9.53 Å². The number of rotatable bonds is 3. The number of nitrogen functional groups attached to an aromatic ring is 1. The van der Waals surface area contributed by atoms with Gasteiger partial charge in [-0.15, -0.1) is 0 Å². The van der Waals surface area contributed by atoms with Gasteiger partial charge in [-0.25, -0.2) is 4.79 Å². The van der Waals surface area contributed by atoms with Gasteiger partial charge in [0.1, 0.15) is 0 Å². The first kappa shape index (κ1) is 13.2. The van der Waals surface area contributed by atoms with Crippen LogP contribution in [0.3, 0.4) is 0 Å². The maximum absolute atomic E-state index is 11.8. The van der Waals surface area contributed by atoms with Gasteiger partial charge < -0.3 is 10.5 Å². The van der Waals surface area contributed by atoms with Crippen molar-refractivity contribution in [1.29, 1.82) is 0 Å². The number of esters is 1. The van der Waals surface area contributed by atoms with E-state index in [0.29, 0.717) is 28.8 Å². The van der Waals surface area contributed by atoms with Gasteiger partial charge in [0.05, 0.1) is 22.9 Å². The molecular weight excluding hydrogens is 250 g/mol. The standard InChI is InChI=1S/C14H18ClNO2/c15-12-8-11(6-7-13(12)16)14(17)18-9-10-4-2-1-3-5-10/h6-8,10H,1-5,9,16H2. The van der Waals surface area contributed by atoms with Crippen molar-refractivity contribution in [2.24, 2.45) is 5.92 Å². The van der Waals surface area contributed by atoms with Crippen LogP contribution in [0.4, 0.5) is 5.69 Å². The van der Waals surface area contributed by atoms with Crippen LogP contribution in [0.25, 0.3) is 0 Å². The van der Waals surface area contributed by atoms with Gasteiger partial charge in [0.25, 0.3) is 0 Å². The van der Waals surface area contributed by atoms with E-state index in [2.05, 4.69) is 0 Å². The lowest BCUT2D eigenvalue weighted by Gasteiger charge is -2.21. The summed E-state index contributed by atoms with van der Waals surface area (Å²) in [5, 5.41) is 0.391. The van der Waals surface area contributed by atoms with Crippen molar-refractivity contribution in [3.63, 3.8) is 0 Å². The number of ether oxygens (including phenoxy) is 1. The van der Waals surface area contributed by atoms with Crippen LogP contribution in [-0.4, -0.2) is 12.6 Å². The Morgan fingerprint density at radius 3 is 2.72 bits per heavy atom. The fourth-order valence-corrected chi connectivity index (χ4v) is 2.47. The molecule has 0 aromatic heterocycles. The van der Waals surface area contributed by atoms with Crippen LogP contribution < -0.4 is 5.73 Å². The summed E-state index contributed by atoms with van der Waals surface area (Å²) in [5.41, 5.74) is 6.53. The van der Waals surface area contributed by atoms with Gasteiger partial charge in [-0.2, -0.15) is 0 Å². The molecule has 1 aliphatic rings. The molecule has 0 amide bonds. The molecule has 1 saturated carbocycles. The lowest BCUT2D eigenvalue weighted by molar-refractivity contribution is 0.0410. The largest absolute Gasteiger partial charge is 0.462 e. The minimum Gasteiger partial charge on any atom is -0.462 e. The van der Waals surface area contributed by atoms with Crippen molar-refractivity contribution in [2.45, 2.75) is 32.1 Å². The highest BCUT2D eigenvalue weighted by atomic mass is 35.5. The molecule has 18 heavy (non-hydrogen) atoms. The van der Waals surface area contributed by atoms with Gasteiger partial charge in [0.15, 0.2) is 0 Å². The fraction of sp³-hybridized carbons (Fsp3) is 0.500. The number of anilines is 1. The molecule has 2 rings (SSSR count). The quantitative estimate of drug-likeness (QED) is 0.672. The number of hydrogen-bond acceptors (Lipinski definition) is 3. The number of hydrogen-bond donors (Lipinski definition) is 1. The fourth-order valence-electron chi connectivity index (χ4n) is 2.28. The van der Waals surface area contributed by atoms with E-state index in [4.69, 9.17) is 22.1 Å². The lowest BCUT2D eigenvalue weighted by atomic mass is 9.90. The number of carbonyl (C=O) groups is 1. The molecule has 0 heterocycles. The Labute approximate surface area is 112 Å². The van der Waals surface area contributed by atoms with E-state index in [-0.39, 0.29) is 5.97 Å². The molecule has 1 aliphatic carbocycles. The highest BCUT2D eigenvalue weighted by Gasteiger charge is 2.16. The molecule has 3 nitrogen and oxygen atoms in total. The van der Waals surface area contributed by atoms with Crippen LogP contribution in [-0.2, 0) is 4.74 Å². The molecule has 0 aliphatic heterocycles.